The van der Waals surface area contributed by atoms with Crippen LogP contribution in [0.2, 0.25) is 0 Å². The van der Waals surface area contributed by atoms with Crippen molar-refractivity contribution in [2.24, 2.45) is 5.73 Å². The highest BCUT2D eigenvalue weighted by Crippen LogP contribution is 2.56. The number of hydrogen-bond donors (Lipinski definition) is 1. The molecule has 5 rings (SSSR count). The van der Waals surface area contributed by atoms with Gasteiger partial charge in [-0.1, -0.05) is 36.4 Å². The van der Waals surface area contributed by atoms with Gasteiger partial charge in [0.05, 0.1) is 16.9 Å². The number of anilines is 1. The first-order valence-electron chi connectivity index (χ1n) is 9.70. The van der Waals surface area contributed by atoms with Crippen molar-refractivity contribution in [2.45, 2.75) is 19.3 Å². The molecule has 7 heteroatoms. The molecule has 0 bridgehead atoms. The quantitative estimate of drug-likeness (QED) is 0.717. The number of nitrogens with zero attached hydrogens (tertiary/aromatic N) is 4. The first-order valence-corrected chi connectivity index (χ1v) is 9.70. The van der Waals surface area contributed by atoms with Gasteiger partial charge in [-0.15, -0.1) is 0 Å². The molecule has 3 heterocycles. The molecular weight excluding hydrogens is 378 g/mol. The second-order valence-electron chi connectivity index (χ2n) is 7.28. The number of nitrogens with two attached hydrogens (primary N) is 1. The predicted octanol–water partition coefficient (Wildman–Crippen LogP) is 2.92. The highest BCUT2D eigenvalue weighted by Gasteiger charge is 2.60. The van der Waals surface area contributed by atoms with Crippen LogP contribution >= 0.6 is 0 Å². The van der Waals surface area contributed by atoms with Gasteiger partial charge in [0.15, 0.2) is 0 Å². The van der Waals surface area contributed by atoms with Gasteiger partial charge in [0, 0.05) is 17.8 Å². The maximum absolute atomic E-state index is 13.9. The van der Waals surface area contributed by atoms with Crippen molar-refractivity contribution >= 4 is 11.6 Å². The molecule has 1 aromatic heterocycles. The molecule has 2 aromatic carbocycles. The van der Waals surface area contributed by atoms with E-state index in [9.17, 15) is 10.1 Å². The van der Waals surface area contributed by atoms with Crippen molar-refractivity contribution in [3.8, 4) is 17.6 Å². The molecule has 2 N–H and O–H groups in total. The zero-order chi connectivity index (χ0) is 21.0. The second kappa shape index (κ2) is 6.22. The lowest BCUT2D eigenvalue weighted by atomic mass is 9.69. The van der Waals surface area contributed by atoms with Crippen molar-refractivity contribution in [1.29, 1.82) is 5.26 Å². The summed E-state index contributed by atoms with van der Waals surface area (Å²) in [5.74, 6) is 0.0606. The van der Waals surface area contributed by atoms with Crippen molar-refractivity contribution in [3.63, 3.8) is 0 Å². The summed E-state index contributed by atoms with van der Waals surface area (Å²) in [6.07, 6.45) is 0. The van der Waals surface area contributed by atoms with Crippen LogP contribution in [0, 0.1) is 18.3 Å². The molecule has 30 heavy (non-hydrogen) atoms. The van der Waals surface area contributed by atoms with Crippen LogP contribution in [-0.2, 0) is 10.2 Å². The Morgan fingerprint density at radius 2 is 1.87 bits per heavy atom. The fourth-order valence-corrected chi connectivity index (χ4v) is 4.63. The molecule has 1 amide bonds. The highest BCUT2D eigenvalue weighted by molar-refractivity contribution is 6.14. The smallest absolute Gasteiger partial charge is 0.247 e. The number of aryl methyl sites for hydroxylation is 1. The van der Waals surface area contributed by atoms with E-state index in [0.29, 0.717) is 23.7 Å². The molecule has 0 saturated heterocycles. The number of para-hydroxylation sites is 2. The predicted molar refractivity (Wildman–Crippen MR) is 111 cm³/mol. The normalized spacial score (nSPS) is 19.5. The third kappa shape index (κ3) is 2.02. The van der Waals surface area contributed by atoms with Gasteiger partial charge in [0.25, 0.3) is 0 Å². The lowest BCUT2D eigenvalue weighted by Gasteiger charge is -2.33. The Morgan fingerprint density at radius 3 is 2.57 bits per heavy atom. The molecular formula is C23H19N5O2. The molecule has 0 fully saturated rings. The lowest BCUT2D eigenvalue weighted by molar-refractivity contribution is -0.120. The summed E-state index contributed by atoms with van der Waals surface area (Å²) in [4.78, 5) is 15.6. The third-order valence-corrected chi connectivity index (χ3v) is 5.81. The summed E-state index contributed by atoms with van der Waals surface area (Å²) >= 11 is 0. The average Bonchev–Trinajstić information content (AvgIpc) is 3.21. The Bertz CT molecular complexity index is 1270. The number of amides is 1. The first kappa shape index (κ1) is 18.0. The summed E-state index contributed by atoms with van der Waals surface area (Å²) in [7, 11) is 0. The van der Waals surface area contributed by atoms with Gasteiger partial charge >= 0.3 is 0 Å². The largest absolute Gasteiger partial charge is 0.422 e. The number of nitriles is 1. The summed E-state index contributed by atoms with van der Waals surface area (Å²) in [5.41, 5.74) is 8.39. The van der Waals surface area contributed by atoms with Gasteiger partial charge in [-0.05, 0) is 32.0 Å². The molecule has 0 unspecified atom stereocenters. The number of fused-ring (bicyclic) bond motifs is 4. The van der Waals surface area contributed by atoms with E-state index in [-0.39, 0.29) is 17.4 Å². The Hall–Kier alpha value is -4.05. The molecule has 2 aliphatic heterocycles. The Kier molecular flexibility index (Phi) is 3.74. The number of aromatic nitrogens is 2. The topological polar surface area (TPSA) is 97.2 Å². The fourth-order valence-electron chi connectivity index (χ4n) is 4.63. The average molecular weight is 397 g/mol. The van der Waals surface area contributed by atoms with Crippen LogP contribution in [-0.4, -0.2) is 22.2 Å². The molecule has 2 aliphatic rings. The first-order chi connectivity index (χ1) is 14.6. The van der Waals surface area contributed by atoms with E-state index in [1.54, 1.807) is 9.58 Å². The monoisotopic (exact) mass is 397 g/mol. The zero-order valence-corrected chi connectivity index (χ0v) is 16.6. The number of benzene rings is 2. The van der Waals surface area contributed by atoms with E-state index in [2.05, 4.69) is 11.2 Å². The number of rotatable bonds is 2. The summed E-state index contributed by atoms with van der Waals surface area (Å²) in [5, 5.41) is 14.7. The minimum Gasteiger partial charge on any atom is -0.422 e. The highest BCUT2D eigenvalue weighted by atomic mass is 16.5. The lowest BCUT2D eigenvalue weighted by Crippen LogP contribution is -2.46. The van der Waals surface area contributed by atoms with E-state index in [1.807, 2.05) is 68.4 Å². The van der Waals surface area contributed by atoms with Crippen LogP contribution in [0.25, 0.3) is 5.69 Å². The van der Waals surface area contributed by atoms with E-state index in [0.717, 1.165) is 16.9 Å². The summed E-state index contributed by atoms with van der Waals surface area (Å²) in [6, 6.07) is 19.2. The third-order valence-electron chi connectivity index (χ3n) is 5.81. The molecule has 0 saturated carbocycles. The van der Waals surface area contributed by atoms with Gasteiger partial charge in [-0.2, -0.15) is 10.4 Å². The Balaban J connectivity index is 1.91. The van der Waals surface area contributed by atoms with E-state index in [4.69, 9.17) is 10.5 Å². The number of hydrogen-bond acceptors (Lipinski definition) is 5. The number of carbonyl (C=O) groups is 1. The molecule has 7 nitrogen and oxygen atoms in total. The Morgan fingerprint density at radius 1 is 1.17 bits per heavy atom. The van der Waals surface area contributed by atoms with Crippen molar-refractivity contribution in [3.05, 3.63) is 82.9 Å². The summed E-state index contributed by atoms with van der Waals surface area (Å²) in [6.45, 7) is 4.20. The van der Waals surface area contributed by atoms with E-state index in [1.165, 1.54) is 0 Å². The van der Waals surface area contributed by atoms with Crippen LogP contribution in [0.5, 0.6) is 5.88 Å². The molecule has 3 aromatic rings. The molecule has 148 valence electrons. The Labute approximate surface area is 173 Å². The summed E-state index contributed by atoms with van der Waals surface area (Å²) < 4.78 is 7.56. The minimum absolute atomic E-state index is 0.0804. The second-order valence-corrected chi connectivity index (χ2v) is 7.28. The van der Waals surface area contributed by atoms with Crippen molar-refractivity contribution in [2.75, 3.05) is 11.4 Å². The maximum atomic E-state index is 13.9. The van der Waals surface area contributed by atoms with Crippen LogP contribution in [0.15, 0.2) is 66.1 Å². The molecule has 1 atom stereocenters. The van der Waals surface area contributed by atoms with E-state index < -0.39 is 5.41 Å². The van der Waals surface area contributed by atoms with Gasteiger partial charge < -0.3 is 15.4 Å². The SMILES string of the molecule is CCN1C(=O)[C@@]2(C(C#N)=C(N)Oc3c2c(C)nn3-c2ccccc2)c2ccccc21. The number of carbonyl (C=O) groups excluding carboxylic acids is 1. The molecule has 0 radical (unpaired) electrons. The maximum Gasteiger partial charge on any atom is 0.247 e. The van der Waals surface area contributed by atoms with Crippen molar-refractivity contribution < 1.29 is 9.53 Å². The fraction of sp³-hybridized carbons (Fsp3) is 0.174. The molecule has 1 spiro atoms. The number of ether oxygens (including phenoxy) is 1. The van der Waals surface area contributed by atoms with E-state index >= 15 is 0 Å². The zero-order valence-electron chi connectivity index (χ0n) is 16.6. The van der Waals surface area contributed by atoms with Crippen molar-refractivity contribution in [1.82, 2.24) is 9.78 Å². The van der Waals surface area contributed by atoms with Crippen LogP contribution < -0.4 is 15.4 Å². The number of likely N-dealkylation sites (N-methyl/N-ethyl adjacent to an activating group) is 1. The van der Waals surface area contributed by atoms with Gasteiger partial charge in [-0.25, -0.2) is 4.68 Å². The van der Waals surface area contributed by atoms with Gasteiger partial charge in [0.2, 0.25) is 17.7 Å². The van der Waals surface area contributed by atoms with Crippen LogP contribution in [0.3, 0.4) is 0 Å². The van der Waals surface area contributed by atoms with Gasteiger partial charge in [0.1, 0.15) is 17.1 Å². The standard InChI is InChI=1S/C23H19N5O2/c1-3-27-18-12-8-7-11-16(18)23(22(27)29)17(13-24)20(25)30-21-19(23)14(2)26-28(21)15-9-5-4-6-10-15/h4-12H,3,25H2,1-2H3/t23-/m1/s1. The minimum atomic E-state index is -1.38. The van der Waals surface area contributed by atoms with Crippen LogP contribution in [0.4, 0.5) is 5.69 Å². The van der Waals surface area contributed by atoms with Gasteiger partial charge in [-0.3, -0.25) is 4.79 Å². The molecule has 0 aliphatic carbocycles. The van der Waals surface area contributed by atoms with Crippen LogP contribution in [0.1, 0.15) is 23.7 Å².